The molecule has 0 aliphatic carbocycles. The molecule has 0 amide bonds. The van der Waals surface area contributed by atoms with Gasteiger partial charge >= 0.3 is 0 Å². The van der Waals surface area contributed by atoms with Crippen LogP contribution in [-0.4, -0.2) is 51.7 Å². The summed E-state index contributed by atoms with van der Waals surface area (Å²) in [5.41, 5.74) is 5.44. The summed E-state index contributed by atoms with van der Waals surface area (Å²) in [4.78, 5) is 0.309. The van der Waals surface area contributed by atoms with Gasteiger partial charge in [-0.15, -0.1) is 12.4 Å². The fourth-order valence-corrected chi connectivity index (χ4v) is 4.07. The molecule has 2 rings (SSSR count). The third-order valence-corrected chi connectivity index (χ3v) is 5.79. The Hall–Kier alpha value is -0.860. The van der Waals surface area contributed by atoms with Crippen molar-refractivity contribution in [3.8, 4) is 5.75 Å². The highest BCUT2D eigenvalue weighted by Gasteiger charge is 2.29. The van der Waals surface area contributed by atoms with E-state index in [9.17, 15) is 8.42 Å². The topological polar surface area (TPSA) is 81.9 Å². The zero-order valence-electron chi connectivity index (χ0n) is 14.0. The predicted molar refractivity (Wildman–Crippen MR) is 96.3 cm³/mol. The van der Waals surface area contributed by atoms with Gasteiger partial charge in [-0.05, 0) is 57.0 Å². The second-order valence-electron chi connectivity index (χ2n) is 5.52. The van der Waals surface area contributed by atoms with Gasteiger partial charge in [0.1, 0.15) is 5.75 Å². The van der Waals surface area contributed by atoms with Gasteiger partial charge in [0, 0.05) is 19.7 Å². The number of sulfonamides is 1. The van der Waals surface area contributed by atoms with E-state index in [1.165, 1.54) is 4.31 Å². The van der Waals surface area contributed by atoms with Gasteiger partial charge in [-0.2, -0.15) is 4.31 Å². The second-order valence-corrected chi connectivity index (χ2v) is 7.46. The number of ether oxygens (including phenoxy) is 2. The van der Waals surface area contributed by atoms with Gasteiger partial charge in [-0.25, -0.2) is 8.42 Å². The summed E-state index contributed by atoms with van der Waals surface area (Å²) in [5.74, 6) is 0.679. The first-order chi connectivity index (χ1) is 11.1. The molecule has 0 bridgehead atoms. The number of nitrogens with zero attached hydrogens (tertiary/aromatic N) is 1. The van der Waals surface area contributed by atoms with E-state index >= 15 is 0 Å². The minimum absolute atomic E-state index is 0. The normalized spacial score (nSPS) is 16.6. The Morgan fingerprint density at radius 3 is 2.38 bits per heavy atom. The molecule has 1 heterocycles. The molecule has 138 valence electrons. The Morgan fingerprint density at radius 1 is 1.21 bits per heavy atom. The smallest absolute Gasteiger partial charge is 0.243 e. The van der Waals surface area contributed by atoms with E-state index in [1.807, 2.05) is 6.92 Å². The lowest BCUT2D eigenvalue weighted by atomic mass is 10.1. The minimum atomic E-state index is -3.44. The van der Waals surface area contributed by atoms with Crippen molar-refractivity contribution < 1.29 is 17.9 Å². The lowest BCUT2D eigenvalue weighted by Gasteiger charge is -2.31. The molecule has 1 saturated heterocycles. The molecule has 1 aromatic carbocycles. The lowest BCUT2D eigenvalue weighted by Crippen LogP contribution is -2.40. The van der Waals surface area contributed by atoms with Crippen LogP contribution < -0.4 is 10.5 Å². The monoisotopic (exact) mass is 378 g/mol. The Morgan fingerprint density at radius 2 is 1.83 bits per heavy atom. The van der Waals surface area contributed by atoms with E-state index in [4.69, 9.17) is 15.2 Å². The summed E-state index contributed by atoms with van der Waals surface area (Å²) >= 11 is 0. The van der Waals surface area contributed by atoms with Gasteiger partial charge < -0.3 is 15.2 Å². The number of rotatable bonds is 8. The van der Waals surface area contributed by atoms with Crippen molar-refractivity contribution in [1.29, 1.82) is 0 Å². The molecule has 8 heteroatoms. The summed E-state index contributed by atoms with van der Waals surface area (Å²) in [7, 11) is -3.44. The molecular formula is C16H27ClN2O4S. The Kier molecular flexibility index (Phi) is 9.01. The number of halogens is 1. The van der Waals surface area contributed by atoms with E-state index < -0.39 is 10.0 Å². The zero-order chi connectivity index (χ0) is 16.7. The number of hydrogen-bond donors (Lipinski definition) is 1. The van der Waals surface area contributed by atoms with Crippen molar-refractivity contribution in [1.82, 2.24) is 4.31 Å². The Bertz CT molecular complexity index is 572. The van der Waals surface area contributed by atoms with Gasteiger partial charge in [0.05, 0.1) is 17.6 Å². The highest BCUT2D eigenvalue weighted by atomic mass is 35.5. The van der Waals surface area contributed by atoms with Gasteiger partial charge in [0.25, 0.3) is 0 Å². The maximum Gasteiger partial charge on any atom is 0.243 e. The standard InChI is InChI=1S/C16H26N2O4S.ClH/c1-2-21-14-4-6-16(7-5-14)23(19,20)18-11-8-15(9-12-18)22-13-3-10-17;/h4-7,15H,2-3,8-13,17H2,1H3;1H. The molecule has 0 aromatic heterocycles. The maximum atomic E-state index is 12.7. The molecule has 24 heavy (non-hydrogen) atoms. The zero-order valence-corrected chi connectivity index (χ0v) is 15.7. The largest absolute Gasteiger partial charge is 0.494 e. The Balaban J connectivity index is 0.00000288. The van der Waals surface area contributed by atoms with E-state index in [0.717, 1.165) is 19.3 Å². The van der Waals surface area contributed by atoms with Crippen molar-refractivity contribution >= 4 is 22.4 Å². The average molecular weight is 379 g/mol. The van der Waals surface area contributed by atoms with Crippen LogP contribution in [0.25, 0.3) is 0 Å². The molecule has 1 aliphatic heterocycles. The molecule has 0 unspecified atom stereocenters. The van der Waals surface area contributed by atoms with Gasteiger partial charge in [-0.3, -0.25) is 0 Å². The summed E-state index contributed by atoms with van der Waals surface area (Å²) in [6.45, 7) is 4.69. The fraction of sp³-hybridized carbons (Fsp3) is 0.625. The van der Waals surface area contributed by atoms with Crippen LogP contribution in [0.2, 0.25) is 0 Å². The summed E-state index contributed by atoms with van der Waals surface area (Å²) < 4.78 is 37.9. The molecular weight excluding hydrogens is 352 g/mol. The van der Waals surface area contributed by atoms with Crippen molar-refractivity contribution in [3.05, 3.63) is 24.3 Å². The van der Waals surface area contributed by atoms with Crippen LogP contribution in [0.5, 0.6) is 5.75 Å². The highest BCUT2D eigenvalue weighted by Crippen LogP contribution is 2.23. The van der Waals surface area contributed by atoms with E-state index in [1.54, 1.807) is 24.3 Å². The summed E-state index contributed by atoms with van der Waals surface area (Å²) in [6.07, 6.45) is 2.42. The number of benzene rings is 1. The maximum absolute atomic E-state index is 12.7. The second kappa shape index (κ2) is 10.2. The highest BCUT2D eigenvalue weighted by molar-refractivity contribution is 7.89. The molecule has 0 saturated carbocycles. The third kappa shape index (κ3) is 5.60. The average Bonchev–Trinajstić information content (AvgIpc) is 2.56. The molecule has 1 aliphatic rings. The quantitative estimate of drug-likeness (QED) is 0.700. The van der Waals surface area contributed by atoms with Crippen molar-refractivity contribution in [2.24, 2.45) is 5.73 Å². The summed E-state index contributed by atoms with van der Waals surface area (Å²) in [6, 6.07) is 6.59. The minimum Gasteiger partial charge on any atom is -0.494 e. The molecule has 1 aromatic rings. The molecule has 2 N–H and O–H groups in total. The molecule has 6 nitrogen and oxygen atoms in total. The van der Waals surface area contributed by atoms with Gasteiger partial charge in [0.2, 0.25) is 10.0 Å². The van der Waals surface area contributed by atoms with Gasteiger partial charge in [0.15, 0.2) is 0 Å². The van der Waals surface area contributed by atoms with E-state index in [-0.39, 0.29) is 18.5 Å². The van der Waals surface area contributed by atoms with Crippen LogP contribution in [0, 0.1) is 0 Å². The third-order valence-electron chi connectivity index (χ3n) is 3.88. The van der Waals surface area contributed by atoms with E-state index in [2.05, 4.69) is 0 Å². The first kappa shape index (κ1) is 21.2. The van der Waals surface area contributed by atoms with Crippen molar-refractivity contribution in [2.75, 3.05) is 32.8 Å². The van der Waals surface area contributed by atoms with E-state index in [0.29, 0.717) is 43.5 Å². The van der Waals surface area contributed by atoms with Crippen LogP contribution in [0.4, 0.5) is 0 Å². The summed E-state index contributed by atoms with van der Waals surface area (Å²) in [5, 5.41) is 0. The fourth-order valence-electron chi connectivity index (χ4n) is 2.60. The van der Waals surface area contributed by atoms with Crippen LogP contribution >= 0.6 is 12.4 Å². The van der Waals surface area contributed by atoms with Crippen LogP contribution in [0.1, 0.15) is 26.2 Å². The predicted octanol–water partition coefficient (Wildman–Crippen LogP) is 2.03. The Labute approximate surface area is 150 Å². The lowest BCUT2D eigenvalue weighted by molar-refractivity contribution is 0.0209. The molecule has 1 fully saturated rings. The molecule has 0 radical (unpaired) electrons. The van der Waals surface area contributed by atoms with Crippen molar-refractivity contribution in [3.63, 3.8) is 0 Å². The first-order valence-corrected chi connectivity index (χ1v) is 9.56. The van der Waals surface area contributed by atoms with Crippen LogP contribution in [0.3, 0.4) is 0 Å². The van der Waals surface area contributed by atoms with Gasteiger partial charge in [-0.1, -0.05) is 0 Å². The molecule has 0 spiro atoms. The number of nitrogens with two attached hydrogens (primary N) is 1. The van der Waals surface area contributed by atoms with Crippen LogP contribution in [0.15, 0.2) is 29.2 Å². The first-order valence-electron chi connectivity index (χ1n) is 8.12. The van der Waals surface area contributed by atoms with Crippen LogP contribution in [-0.2, 0) is 14.8 Å². The van der Waals surface area contributed by atoms with Crippen molar-refractivity contribution in [2.45, 2.75) is 37.2 Å². The number of piperidine rings is 1. The number of hydrogen-bond acceptors (Lipinski definition) is 5. The molecule has 0 atom stereocenters. The SMILES string of the molecule is CCOc1ccc(S(=O)(=O)N2CCC(OCCCN)CC2)cc1.Cl.